The quantitative estimate of drug-likeness (QED) is 0.785. The molecular weight excluding hydrogens is 233 g/mol. The van der Waals surface area contributed by atoms with Gasteiger partial charge in [-0.25, -0.2) is 0 Å². The van der Waals surface area contributed by atoms with Crippen molar-refractivity contribution in [1.29, 1.82) is 0 Å². The molecule has 0 aromatic rings. The maximum absolute atomic E-state index is 12.9. The van der Waals surface area contributed by atoms with Gasteiger partial charge in [-0.1, -0.05) is 0 Å². The van der Waals surface area contributed by atoms with Gasteiger partial charge in [0.05, 0.1) is 5.60 Å². The SMILES string of the molecule is CC(N)C(N1CCCC(C)(O)CC1)C(F)(F)F. The summed E-state index contributed by atoms with van der Waals surface area (Å²) in [7, 11) is 0. The second kappa shape index (κ2) is 5.12. The van der Waals surface area contributed by atoms with Gasteiger partial charge in [0.15, 0.2) is 0 Å². The molecule has 1 saturated heterocycles. The van der Waals surface area contributed by atoms with Crippen molar-refractivity contribution in [3.05, 3.63) is 0 Å². The summed E-state index contributed by atoms with van der Waals surface area (Å²) >= 11 is 0. The molecule has 1 aliphatic heterocycles. The third-order valence-electron chi connectivity index (χ3n) is 3.33. The minimum absolute atomic E-state index is 0.235. The minimum atomic E-state index is -4.32. The Balaban J connectivity index is 2.76. The lowest BCUT2D eigenvalue weighted by molar-refractivity contribution is -0.188. The van der Waals surface area contributed by atoms with Gasteiger partial charge in [0.2, 0.25) is 0 Å². The van der Waals surface area contributed by atoms with E-state index in [0.717, 1.165) is 0 Å². The molecule has 0 saturated carbocycles. The van der Waals surface area contributed by atoms with Crippen molar-refractivity contribution in [2.75, 3.05) is 13.1 Å². The van der Waals surface area contributed by atoms with Crippen LogP contribution in [0.2, 0.25) is 0 Å². The van der Waals surface area contributed by atoms with Crippen molar-refractivity contribution in [2.45, 2.75) is 57.0 Å². The Labute approximate surface area is 99.8 Å². The van der Waals surface area contributed by atoms with Crippen molar-refractivity contribution in [3.63, 3.8) is 0 Å². The summed E-state index contributed by atoms with van der Waals surface area (Å²) in [6.07, 6.45) is -2.87. The van der Waals surface area contributed by atoms with E-state index in [1.165, 1.54) is 11.8 Å². The summed E-state index contributed by atoms with van der Waals surface area (Å²) in [5.74, 6) is 0. The highest BCUT2D eigenvalue weighted by Gasteiger charge is 2.46. The third-order valence-corrected chi connectivity index (χ3v) is 3.33. The predicted octanol–water partition coefficient (Wildman–Crippen LogP) is 1.50. The molecule has 1 rings (SSSR count). The molecule has 0 spiro atoms. The molecule has 1 heterocycles. The smallest absolute Gasteiger partial charge is 0.390 e. The highest BCUT2D eigenvalue weighted by atomic mass is 19.4. The van der Waals surface area contributed by atoms with Gasteiger partial charge in [-0.15, -0.1) is 0 Å². The lowest BCUT2D eigenvalue weighted by Crippen LogP contribution is -2.55. The van der Waals surface area contributed by atoms with E-state index in [-0.39, 0.29) is 6.54 Å². The van der Waals surface area contributed by atoms with Crippen molar-refractivity contribution in [2.24, 2.45) is 5.73 Å². The van der Waals surface area contributed by atoms with Crippen LogP contribution in [0.3, 0.4) is 0 Å². The summed E-state index contributed by atoms with van der Waals surface area (Å²) < 4.78 is 38.7. The summed E-state index contributed by atoms with van der Waals surface area (Å²) in [4.78, 5) is 1.35. The lowest BCUT2D eigenvalue weighted by atomic mass is 9.98. The number of hydrogen-bond donors (Lipinski definition) is 2. The molecule has 0 aromatic heterocycles. The maximum atomic E-state index is 12.9. The monoisotopic (exact) mass is 254 g/mol. The zero-order valence-electron chi connectivity index (χ0n) is 10.3. The molecule has 0 amide bonds. The van der Waals surface area contributed by atoms with Gasteiger partial charge in [0.25, 0.3) is 0 Å². The molecule has 0 aromatic carbocycles. The molecule has 0 bridgehead atoms. The molecule has 102 valence electrons. The largest absolute Gasteiger partial charge is 0.405 e. The van der Waals surface area contributed by atoms with Crippen molar-refractivity contribution < 1.29 is 18.3 Å². The van der Waals surface area contributed by atoms with Crippen LogP contribution >= 0.6 is 0 Å². The molecule has 3 N–H and O–H groups in total. The Bertz CT molecular complexity index is 254. The van der Waals surface area contributed by atoms with Crippen LogP contribution in [0.15, 0.2) is 0 Å². The summed E-state index contributed by atoms with van der Waals surface area (Å²) in [6.45, 7) is 3.62. The maximum Gasteiger partial charge on any atom is 0.405 e. The Morgan fingerprint density at radius 3 is 2.35 bits per heavy atom. The molecule has 3 atom stereocenters. The number of nitrogens with two attached hydrogens (primary N) is 1. The highest BCUT2D eigenvalue weighted by Crippen LogP contribution is 2.30. The van der Waals surface area contributed by atoms with Gasteiger partial charge in [0, 0.05) is 12.6 Å². The first kappa shape index (κ1) is 14.7. The standard InChI is InChI=1S/C11H21F3N2O/c1-8(15)9(11(12,13)14)16-6-3-4-10(2,17)5-7-16/h8-9,17H,3-7,15H2,1-2H3. The predicted molar refractivity (Wildman–Crippen MR) is 59.5 cm³/mol. The molecular formula is C11H21F3N2O. The number of halogens is 3. The summed E-state index contributed by atoms with van der Waals surface area (Å²) in [5, 5.41) is 9.86. The number of rotatable bonds is 2. The first-order valence-electron chi connectivity index (χ1n) is 5.92. The molecule has 1 aliphatic rings. The zero-order valence-corrected chi connectivity index (χ0v) is 10.3. The van der Waals surface area contributed by atoms with Crippen LogP contribution < -0.4 is 5.73 Å². The topological polar surface area (TPSA) is 49.5 Å². The van der Waals surface area contributed by atoms with E-state index in [0.29, 0.717) is 25.8 Å². The van der Waals surface area contributed by atoms with Crippen molar-refractivity contribution in [1.82, 2.24) is 4.90 Å². The van der Waals surface area contributed by atoms with Crippen LogP contribution in [0.1, 0.15) is 33.1 Å². The first-order valence-corrected chi connectivity index (χ1v) is 5.92. The number of alkyl halides is 3. The van der Waals surface area contributed by atoms with Gasteiger partial charge in [0.1, 0.15) is 6.04 Å². The van der Waals surface area contributed by atoms with Crippen molar-refractivity contribution >= 4 is 0 Å². The van der Waals surface area contributed by atoms with Gasteiger partial charge < -0.3 is 10.8 Å². The van der Waals surface area contributed by atoms with Crippen LogP contribution in [-0.2, 0) is 0 Å². The first-order chi connectivity index (χ1) is 7.63. The van der Waals surface area contributed by atoms with Crippen LogP contribution in [0.5, 0.6) is 0 Å². The van der Waals surface area contributed by atoms with E-state index in [1.807, 2.05) is 0 Å². The Morgan fingerprint density at radius 1 is 1.29 bits per heavy atom. The molecule has 0 radical (unpaired) electrons. The van der Waals surface area contributed by atoms with E-state index in [1.54, 1.807) is 6.92 Å². The second-order valence-electron chi connectivity index (χ2n) is 5.23. The molecule has 17 heavy (non-hydrogen) atoms. The number of hydrogen-bond acceptors (Lipinski definition) is 3. The number of aliphatic hydroxyl groups is 1. The average Bonchev–Trinajstić information content (AvgIpc) is 2.25. The number of likely N-dealkylation sites (tertiary alicyclic amines) is 1. The van der Waals surface area contributed by atoms with E-state index in [2.05, 4.69) is 0 Å². The molecule has 3 nitrogen and oxygen atoms in total. The summed E-state index contributed by atoms with van der Waals surface area (Å²) in [5.41, 5.74) is 4.59. The van der Waals surface area contributed by atoms with Gasteiger partial charge >= 0.3 is 6.18 Å². The fraction of sp³-hybridized carbons (Fsp3) is 1.00. The van der Waals surface area contributed by atoms with Crippen LogP contribution in [0, 0.1) is 0 Å². The minimum Gasteiger partial charge on any atom is -0.390 e. The lowest BCUT2D eigenvalue weighted by Gasteiger charge is -2.34. The zero-order chi connectivity index (χ0) is 13.3. The number of nitrogens with zero attached hydrogens (tertiary/aromatic N) is 1. The molecule has 1 fully saturated rings. The fourth-order valence-electron chi connectivity index (χ4n) is 2.40. The fourth-order valence-corrected chi connectivity index (χ4v) is 2.40. The van der Waals surface area contributed by atoms with E-state index < -0.39 is 23.9 Å². The van der Waals surface area contributed by atoms with E-state index >= 15 is 0 Å². The Morgan fingerprint density at radius 2 is 1.88 bits per heavy atom. The average molecular weight is 254 g/mol. The molecule has 6 heteroatoms. The van der Waals surface area contributed by atoms with E-state index in [4.69, 9.17) is 5.73 Å². The van der Waals surface area contributed by atoms with Crippen molar-refractivity contribution in [3.8, 4) is 0 Å². The normalized spacial score (nSPS) is 31.9. The highest BCUT2D eigenvalue weighted by molar-refractivity contribution is 4.89. The van der Waals surface area contributed by atoms with Crippen LogP contribution in [-0.4, -0.2) is 47.0 Å². The van der Waals surface area contributed by atoms with Gasteiger partial charge in [-0.3, -0.25) is 4.90 Å². The second-order valence-corrected chi connectivity index (χ2v) is 5.23. The van der Waals surface area contributed by atoms with Gasteiger partial charge in [-0.2, -0.15) is 13.2 Å². The third kappa shape index (κ3) is 4.12. The molecule has 3 unspecified atom stereocenters. The van der Waals surface area contributed by atoms with Crippen LogP contribution in [0.25, 0.3) is 0 Å². The van der Waals surface area contributed by atoms with E-state index in [9.17, 15) is 18.3 Å². The Hall–Kier alpha value is -0.330. The van der Waals surface area contributed by atoms with Gasteiger partial charge in [-0.05, 0) is 39.7 Å². The van der Waals surface area contributed by atoms with Crippen LogP contribution in [0.4, 0.5) is 13.2 Å². The summed E-state index contributed by atoms with van der Waals surface area (Å²) in [6, 6.07) is -2.57. The Kier molecular flexibility index (Phi) is 4.43. The molecule has 0 aliphatic carbocycles.